The fourth-order valence-electron chi connectivity index (χ4n) is 3.72. The number of hydrogen-bond donors (Lipinski definition) is 2. The van der Waals surface area contributed by atoms with Crippen LogP contribution in [0.5, 0.6) is 0 Å². The summed E-state index contributed by atoms with van der Waals surface area (Å²) in [6.45, 7) is 0.373. The van der Waals surface area contributed by atoms with E-state index in [1.807, 2.05) is 0 Å². The van der Waals surface area contributed by atoms with Crippen molar-refractivity contribution in [2.24, 2.45) is 11.3 Å². The van der Waals surface area contributed by atoms with E-state index in [1.165, 1.54) is 4.90 Å². The molecule has 3 heterocycles. The van der Waals surface area contributed by atoms with Crippen molar-refractivity contribution in [1.29, 1.82) is 0 Å². The number of likely N-dealkylation sites (tertiary alicyclic amines) is 1. The summed E-state index contributed by atoms with van der Waals surface area (Å²) in [5, 5.41) is 5.32. The van der Waals surface area contributed by atoms with Gasteiger partial charge in [0.2, 0.25) is 11.8 Å². The number of nitrogens with zero attached hydrogens (tertiary/aromatic N) is 1. The fraction of sp³-hybridized carbons (Fsp3) is 0.846. The molecule has 3 aliphatic heterocycles. The molecule has 2 N–H and O–H groups in total. The van der Waals surface area contributed by atoms with Crippen LogP contribution in [0, 0.1) is 11.3 Å². The quantitative estimate of drug-likeness (QED) is 0.731. The maximum atomic E-state index is 13.5. The summed E-state index contributed by atoms with van der Waals surface area (Å²) in [5.74, 6) is -1.38. The number of halogens is 3. The molecular weight excluding hydrogens is 287 g/mol. The average molecular weight is 305 g/mol. The van der Waals surface area contributed by atoms with Crippen LogP contribution < -0.4 is 10.6 Å². The smallest absolute Gasteiger partial charge is 0.354 e. The Balaban J connectivity index is 1.88. The molecule has 0 aromatic carbocycles. The first kappa shape index (κ1) is 14.6. The van der Waals surface area contributed by atoms with E-state index in [1.54, 1.807) is 0 Å². The first-order valence-electron chi connectivity index (χ1n) is 7.23. The zero-order valence-corrected chi connectivity index (χ0v) is 11.5. The van der Waals surface area contributed by atoms with Crippen molar-refractivity contribution in [3.63, 3.8) is 0 Å². The first-order chi connectivity index (χ1) is 9.87. The van der Waals surface area contributed by atoms with Gasteiger partial charge in [0.25, 0.3) is 0 Å². The highest BCUT2D eigenvalue weighted by molar-refractivity contribution is 5.88. The van der Waals surface area contributed by atoms with Gasteiger partial charge in [0.1, 0.15) is 0 Å². The minimum Gasteiger partial charge on any atom is -0.354 e. The lowest BCUT2D eigenvalue weighted by molar-refractivity contribution is -0.223. The van der Waals surface area contributed by atoms with Gasteiger partial charge in [0, 0.05) is 19.6 Å². The summed E-state index contributed by atoms with van der Waals surface area (Å²) in [5.41, 5.74) is -2.33. The number of hydrogen-bond acceptors (Lipinski definition) is 3. The number of carbonyl (C=O) groups excluding carboxylic acids is 2. The van der Waals surface area contributed by atoms with E-state index in [0.29, 0.717) is 19.4 Å². The lowest BCUT2D eigenvalue weighted by Gasteiger charge is -2.41. The Morgan fingerprint density at radius 3 is 2.76 bits per heavy atom. The van der Waals surface area contributed by atoms with Crippen LogP contribution in [-0.2, 0) is 9.59 Å². The van der Waals surface area contributed by atoms with Crippen molar-refractivity contribution in [2.75, 3.05) is 26.2 Å². The predicted molar refractivity (Wildman–Crippen MR) is 67.2 cm³/mol. The molecule has 0 spiro atoms. The Hall–Kier alpha value is -1.31. The molecule has 0 saturated carbocycles. The van der Waals surface area contributed by atoms with Gasteiger partial charge in [-0.25, -0.2) is 0 Å². The maximum Gasteiger partial charge on any atom is 0.404 e. The van der Waals surface area contributed by atoms with Crippen LogP contribution in [0.25, 0.3) is 0 Å². The molecule has 0 radical (unpaired) electrons. The lowest BCUT2D eigenvalue weighted by Crippen LogP contribution is -2.59. The summed E-state index contributed by atoms with van der Waals surface area (Å²) in [7, 11) is 0. The zero-order valence-electron chi connectivity index (χ0n) is 11.5. The molecule has 3 unspecified atom stereocenters. The summed E-state index contributed by atoms with van der Waals surface area (Å²) >= 11 is 0. The number of amides is 2. The molecule has 3 fully saturated rings. The van der Waals surface area contributed by atoms with Crippen molar-refractivity contribution in [3.8, 4) is 0 Å². The number of piperidine rings is 1. The molecule has 3 rings (SSSR count). The van der Waals surface area contributed by atoms with Gasteiger partial charge in [-0.15, -0.1) is 0 Å². The topological polar surface area (TPSA) is 61.4 Å². The first-order valence-corrected chi connectivity index (χ1v) is 7.23. The monoisotopic (exact) mass is 305 g/mol. The van der Waals surface area contributed by atoms with E-state index in [-0.39, 0.29) is 37.9 Å². The number of alkyl halides is 3. The predicted octanol–water partition coefficient (Wildman–Crippen LogP) is 0.265. The molecule has 3 atom stereocenters. The van der Waals surface area contributed by atoms with Gasteiger partial charge >= 0.3 is 6.18 Å². The highest BCUT2D eigenvalue weighted by Gasteiger charge is 2.63. The Morgan fingerprint density at radius 2 is 2.14 bits per heavy atom. The van der Waals surface area contributed by atoms with Crippen LogP contribution in [0.4, 0.5) is 13.2 Å². The van der Waals surface area contributed by atoms with E-state index < -0.39 is 23.5 Å². The van der Waals surface area contributed by atoms with Crippen LogP contribution in [0.15, 0.2) is 0 Å². The van der Waals surface area contributed by atoms with Crippen LogP contribution in [0.3, 0.4) is 0 Å². The third kappa shape index (κ3) is 2.11. The minimum absolute atomic E-state index is 0.150. The molecular formula is C13H18F3N3O2. The third-order valence-electron chi connectivity index (χ3n) is 4.97. The lowest BCUT2D eigenvalue weighted by atomic mass is 9.82. The molecule has 0 aliphatic carbocycles. The Morgan fingerprint density at radius 1 is 1.38 bits per heavy atom. The van der Waals surface area contributed by atoms with Crippen molar-refractivity contribution in [1.82, 2.24) is 15.5 Å². The van der Waals surface area contributed by atoms with E-state index in [0.717, 1.165) is 0 Å². The number of fused-ring (bicyclic) bond motifs is 1. The molecule has 21 heavy (non-hydrogen) atoms. The molecule has 2 amide bonds. The Labute approximate surface area is 120 Å². The number of carbonyl (C=O) groups is 2. The molecule has 118 valence electrons. The highest BCUT2D eigenvalue weighted by atomic mass is 19.4. The standard InChI is InChI=1S/C13H18F3N3O2/c14-13(15,16)12(3-4-17-7-12)11(21)19-5-1-2-8-9(19)6-18-10(8)20/h8-9,17H,1-7H2,(H,18,20). The molecule has 3 saturated heterocycles. The number of rotatable bonds is 1. The van der Waals surface area contributed by atoms with Crippen molar-refractivity contribution < 1.29 is 22.8 Å². The number of nitrogens with one attached hydrogen (secondary N) is 2. The van der Waals surface area contributed by atoms with E-state index >= 15 is 0 Å². The van der Waals surface area contributed by atoms with Crippen LogP contribution in [0.1, 0.15) is 19.3 Å². The fourth-order valence-corrected chi connectivity index (χ4v) is 3.72. The van der Waals surface area contributed by atoms with Crippen molar-refractivity contribution in [3.05, 3.63) is 0 Å². The van der Waals surface area contributed by atoms with Crippen LogP contribution in [0.2, 0.25) is 0 Å². The molecule has 3 aliphatic rings. The van der Waals surface area contributed by atoms with Crippen molar-refractivity contribution >= 4 is 11.8 Å². The Bertz CT molecular complexity index is 460. The summed E-state index contributed by atoms with van der Waals surface area (Å²) in [6, 6.07) is -0.432. The van der Waals surface area contributed by atoms with E-state index in [2.05, 4.69) is 10.6 Å². The normalized spacial score (nSPS) is 36.5. The molecule has 0 bridgehead atoms. The maximum absolute atomic E-state index is 13.5. The molecule has 0 aromatic rings. The van der Waals surface area contributed by atoms with Gasteiger partial charge in [0.05, 0.1) is 12.0 Å². The second kappa shape index (κ2) is 4.86. The third-order valence-corrected chi connectivity index (χ3v) is 4.97. The summed E-state index contributed by atoms with van der Waals surface area (Å²) in [4.78, 5) is 25.6. The summed E-state index contributed by atoms with van der Waals surface area (Å²) < 4.78 is 40.4. The summed E-state index contributed by atoms with van der Waals surface area (Å²) in [6.07, 6.45) is -3.60. The molecule has 8 heteroatoms. The second-order valence-electron chi connectivity index (χ2n) is 6.07. The molecule has 0 aromatic heterocycles. The molecule has 5 nitrogen and oxygen atoms in total. The van der Waals surface area contributed by atoms with Crippen LogP contribution >= 0.6 is 0 Å². The van der Waals surface area contributed by atoms with E-state index in [9.17, 15) is 22.8 Å². The van der Waals surface area contributed by atoms with Gasteiger partial charge < -0.3 is 15.5 Å². The van der Waals surface area contributed by atoms with Crippen molar-refractivity contribution in [2.45, 2.75) is 31.5 Å². The van der Waals surface area contributed by atoms with Gasteiger partial charge in [-0.2, -0.15) is 13.2 Å². The second-order valence-corrected chi connectivity index (χ2v) is 6.07. The van der Waals surface area contributed by atoms with Gasteiger partial charge in [-0.05, 0) is 25.8 Å². The zero-order chi connectivity index (χ0) is 15.3. The highest BCUT2D eigenvalue weighted by Crippen LogP contribution is 2.45. The van der Waals surface area contributed by atoms with Gasteiger partial charge in [-0.3, -0.25) is 9.59 Å². The van der Waals surface area contributed by atoms with Crippen LogP contribution in [-0.4, -0.2) is 55.1 Å². The van der Waals surface area contributed by atoms with Gasteiger partial charge in [-0.1, -0.05) is 0 Å². The van der Waals surface area contributed by atoms with Gasteiger partial charge in [0.15, 0.2) is 5.41 Å². The largest absolute Gasteiger partial charge is 0.404 e. The van der Waals surface area contributed by atoms with E-state index in [4.69, 9.17) is 0 Å². The average Bonchev–Trinajstić information content (AvgIpc) is 3.05. The Kier molecular flexibility index (Phi) is 3.38. The SMILES string of the molecule is O=C1NCC2C1CCCN2C(=O)C1(C(F)(F)F)CCNC1. The minimum atomic E-state index is -4.57.